The van der Waals surface area contributed by atoms with Crippen LogP contribution in [0.5, 0.6) is 0 Å². The monoisotopic (exact) mass is 265 g/mol. The Morgan fingerprint density at radius 3 is 2.93 bits per heavy atom. The van der Waals surface area contributed by atoms with E-state index in [1.165, 1.54) is 5.56 Å². The van der Waals surface area contributed by atoms with Gasteiger partial charge in [0.2, 0.25) is 0 Å². The Labute approximate surface area is 100 Å². The first-order chi connectivity index (χ1) is 7.26. The maximum atomic E-state index is 5.48. The summed E-state index contributed by atoms with van der Waals surface area (Å²) in [4.78, 5) is 0. The molecule has 1 aromatic rings. The van der Waals surface area contributed by atoms with Crippen molar-refractivity contribution in [3.63, 3.8) is 0 Å². The van der Waals surface area contributed by atoms with Gasteiger partial charge in [0.15, 0.2) is 0 Å². The minimum absolute atomic E-state index is 0.138. The highest BCUT2D eigenvalue weighted by atomic mass is 79.9. The fourth-order valence-corrected chi connectivity index (χ4v) is 1.85. The van der Waals surface area contributed by atoms with Crippen LogP contribution in [-0.4, -0.2) is 12.6 Å². The van der Waals surface area contributed by atoms with E-state index in [4.69, 9.17) is 6.42 Å². The lowest BCUT2D eigenvalue weighted by molar-refractivity contribution is 0.598. The van der Waals surface area contributed by atoms with E-state index in [1.807, 2.05) is 12.1 Å². The number of nitrogens with one attached hydrogen (secondary N) is 1. The molecule has 1 atom stereocenters. The topological polar surface area (TPSA) is 12.0 Å². The largest absolute Gasteiger partial charge is 0.303 e. The first-order valence-electron chi connectivity index (χ1n) is 5.20. The molecule has 0 aliphatic carbocycles. The van der Waals surface area contributed by atoms with Crippen molar-refractivity contribution in [1.29, 1.82) is 0 Å². The van der Waals surface area contributed by atoms with Gasteiger partial charge in [-0.2, -0.15) is 0 Å². The smallest absolute Gasteiger partial charge is 0.0727 e. The first-order valence-corrected chi connectivity index (χ1v) is 5.99. The Morgan fingerprint density at radius 2 is 2.33 bits per heavy atom. The summed E-state index contributed by atoms with van der Waals surface area (Å²) in [6, 6.07) is 8.40. The van der Waals surface area contributed by atoms with Crippen LogP contribution in [0.25, 0.3) is 0 Å². The molecule has 0 heterocycles. The zero-order chi connectivity index (χ0) is 11.1. The van der Waals surface area contributed by atoms with Gasteiger partial charge in [0.25, 0.3) is 0 Å². The number of benzene rings is 1. The van der Waals surface area contributed by atoms with Crippen molar-refractivity contribution in [2.24, 2.45) is 0 Å². The van der Waals surface area contributed by atoms with E-state index in [1.54, 1.807) is 0 Å². The number of hydrogen-bond donors (Lipinski definition) is 1. The summed E-state index contributed by atoms with van der Waals surface area (Å²) >= 11 is 3.45. The van der Waals surface area contributed by atoms with E-state index >= 15 is 0 Å². The van der Waals surface area contributed by atoms with E-state index in [2.05, 4.69) is 46.2 Å². The van der Waals surface area contributed by atoms with Gasteiger partial charge in [0, 0.05) is 4.47 Å². The molecule has 0 amide bonds. The average molecular weight is 266 g/mol. The third-order valence-corrected chi connectivity index (χ3v) is 2.66. The van der Waals surface area contributed by atoms with Crippen molar-refractivity contribution in [3.8, 4) is 12.3 Å². The Hall–Kier alpha value is -0.780. The van der Waals surface area contributed by atoms with E-state index in [9.17, 15) is 0 Å². The molecule has 0 radical (unpaired) electrons. The minimum Gasteiger partial charge on any atom is -0.303 e. The molecule has 0 aliphatic rings. The Morgan fingerprint density at radius 1 is 1.53 bits per heavy atom. The molecule has 1 N–H and O–H groups in total. The molecule has 15 heavy (non-hydrogen) atoms. The van der Waals surface area contributed by atoms with Gasteiger partial charge in [-0.05, 0) is 37.1 Å². The van der Waals surface area contributed by atoms with Crippen LogP contribution in [-0.2, 0) is 6.42 Å². The summed E-state index contributed by atoms with van der Waals surface area (Å²) in [6.45, 7) is 3.11. The molecule has 0 saturated carbocycles. The zero-order valence-electron chi connectivity index (χ0n) is 8.96. The lowest BCUT2D eigenvalue weighted by Gasteiger charge is -2.12. The van der Waals surface area contributed by atoms with E-state index < -0.39 is 0 Å². The van der Waals surface area contributed by atoms with Crippen LogP contribution in [0.3, 0.4) is 0 Å². The maximum Gasteiger partial charge on any atom is 0.0727 e. The Bertz CT molecular complexity index is 341. The summed E-state index contributed by atoms with van der Waals surface area (Å²) in [5.41, 5.74) is 1.26. The van der Waals surface area contributed by atoms with Crippen LogP contribution in [0.2, 0.25) is 0 Å². The molecule has 0 aromatic heterocycles. The van der Waals surface area contributed by atoms with Crippen LogP contribution < -0.4 is 5.32 Å². The van der Waals surface area contributed by atoms with Crippen molar-refractivity contribution in [1.82, 2.24) is 5.32 Å². The van der Waals surface area contributed by atoms with Gasteiger partial charge in [-0.25, -0.2) is 0 Å². The van der Waals surface area contributed by atoms with Gasteiger partial charge in [-0.15, -0.1) is 6.42 Å². The quantitative estimate of drug-likeness (QED) is 0.808. The predicted octanol–water partition coefficient (Wildman–Crippen LogP) is 2.99. The second kappa shape index (κ2) is 6.66. The molecule has 80 valence electrons. The molecule has 0 bridgehead atoms. The van der Waals surface area contributed by atoms with Crippen LogP contribution in [0.15, 0.2) is 28.7 Å². The highest BCUT2D eigenvalue weighted by molar-refractivity contribution is 9.10. The van der Waals surface area contributed by atoms with Crippen molar-refractivity contribution in [2.75, 3.05) is 6.54 Å². The van der Waals surface area contributed by atoms with Gasteiger partial charge in [0.05, 0.1) is 6.04 Å². The van der Waals surface area contributed by atoms with Gasteiger partial charge in [0.1, 0.15) is 0 Å². The molecule has 0 aliphatic heterocycles. The molecule has 1 nitrogen and oxygen atoms in total. The lowest BCUT2D eigenvalue weighted by Crippen LogP contribution is -2.30. The molecule has 0 saturated heterocycles. The molecule has 2 heteroatoms. The number of halogens is 1. The minimum atomic E-state index is 0.138. The van der Waals surface area contributed by atoms with Gasteiger partial charge in [-0.1, -0.05) is 40.9 Å². The van der Waals surface area contributed by atoms with Crippen LogP contribution in [0, 0.1) is 12.3 Å². The zero-order valence-corrected chi connectivity index (χ0v) is 10.5. The van der Waals surface area contributed by atoms with Crippen molar-refractivity contribution in [3.05, 3.63) is 34.3 Å². The standard InChI is InChI=1S/C13H16BrN/c1-3-8-15-13(4-2)10-11-6-5-7-12(14)9-11/h2,5-7,9,13,15H,3,8,10H2,1H3. The maximum absolute atomic E-state index is 5.48. The normalized spacial score (nSPS) is 12.1. The summed E-state index contributed by atoms with van der Waals surface area (Å²) in [6.07, 6.45) is 7.47. The van der Waals surface area contributed by atoms with Crippen LogP contribution in [0.1, 0.15) is 18.9 Å². The summed E-state index contributed by atoms with van der Waals surface area (Å²) in [7, 11) is 0. The fraction of sp³-hybridized carbons (Fsp3) is 0.385. The second-order valence-corrected chi connectivity index (χ2v) is 4.42. The molecule has 1 unspecified atom stereocenters. The van der Waals surface area contributed by atoms with E-state index in [0.717, 1.165) is 23.9 Å². The highest BCUT2D eigenvalue weighted by Gasteiger charge is 2.04. The number of hydrogen-bond acceptors (Lipinski definition) is 1. The number of terminal acetylenes is 1. The summed E-state index contributed by atoms with van der Waals surface area (Å²) in [5.74, 6) is 2.78. The van der Waals surface area contributed by atoms with Crippen LogP contribution in [0.4, 0.5) is 0 Å². The van der Waals surface area contributed by atoms with E-state index in [0.29, 0.717) is 0 Å². The van der Waals surface area contributed by atoms with Crippen molar-refractivity contribution < 1.29 is 0 Å². The van der Waals surface area contributed by atoms with Crippen molar-refractivity contribution >= 4 is 15.9 Å². The second-order valence-electron chi connectivity index (χ2n) is 3.51. The third kappa shape index (κ3) is 4.51. The van der Waals surface area contributed by atoms with Gasteiger partial charge < -0.3 is 5.32 Å². The first kappa shape index (κ1) is 12.3. The molecule has 0 spiro atoms. The summed E-state index contributed by atoms with van der Waals surface area (Å²) < 4.78 is 1.10. The van der Waals surface area contributed by atoms with Gasteiger partial charge in [-0.3, -0.25) is 0 Å². The molecule has 1 rings (SSSR count). The molecule has 1 aromatic carbocycles. The van der Waals surface area contributed by atoms with Crippen molar-refractivity contribution in [2.45, 2.75) is 25.8 Å². The van der Waals surface area contributed by atoms with E-state index in [-0.39, 0.29) is 6.04 Å². The average Bonchev–Trinajstić information content (AvgIpc) is 2.24. The highest BCUT2D eigenvalue weighted by Crippen LogP contribution is 2.12. The number of rotatable bonds is 5. The van der Waals surface area contributed by atoms with Crippen LogP contribution >= 0.6 is 15.9 Å². The molecular formula is C13H16BrN. The molecule has 0 fully saturated rings. The SMILES string of the molecule is C#CC(Cc1cccc(Br)c1)NCCC. The summed E-state index contributed by atoms with van der Waals surface area (Å²) in [5, 5.41) is 3.34. The Balaban J connectivity index is 2.55. The fourth-order valence-electron chi connectivity index (χ4n) is 1.41. The van der Waals surface area contributed by atoms with Gasteiger partial charge >= 0.3 is 0 Å². The molecular weight excluding hydrogens is 250 g/mol. The lowest BCUT2D eigenvalue weighted by atomic mass is 10.1. The predicted molar refractivity (Wildman–Crippen MR) is 68.8 cm³/mol. The Kier molecular flexibility index (Phi) is 5.45. The third-order valence-electron chi connectivity index (χ3n) is 2.17.